The molecule has 1 aliphatic rings. The lowest BCUT2D eigenvalue weighted by Crippen LogP contribution is -2.44. The van der Waals surface area contributed by atoms with Gasteiger partial charge >= 0.3 is 4.87 Å². The number of likely N-dealkylation sites (N-methyl/N-ethyl adjacent to an activating group) is 1. The van der Waals surface area contributed by atoms with Crippen molar-refractivity contribution in [1.29, 1.82) is 0 Å². The van der Waals surface area contributed by atoms with E-state index in [2.05, 4.69) is 10.3 Å². The molecule has 1 fully saturated rings. The third-order valence-electron chi connectivity index (χ3n) is 3.32. The first-order valence-corrected chi connectivity index (χ1v) is 8.56. The van der Waals surface area contributed by atoms with Gasteiger partial charge in [-0.25, -0.2) is 8.42 Å². The first-order chi connectivity index (χ1) is 8.91. The molecule has 0 amide bonds. The molecule has 0 spiro atoms. The van der Waals surface area contributed by atoms with Crippen molar-refractivity contribution in [2.75, 3.05) is 20.1 Å². The molecule has 2 heterocycles. The molecule has 0 aromatic carbocycles. The van der Waals surface area contributed by atoms with Gasteiger partial charge in [0.1, 0.15) is 0 Å². The van der Waals surface area contributed by atoms with Gasteiger partial charge in [-0.05, 0) is 26.3 Å². The van der Waals surface area contributed by atoms with Crippen LogP contribution in [-0.2, 0) is 10.0 Å². The summed E-state index contributed by atoms with van der Waals surface area (Å²) in [5.41, 5.74) is 0.415. The van der Waals surface area contributed by atoms with Gasteiger partial charge in [0.2, 0.25) is 0 Å². The average molecular weight is 305 g/mol. The van der Waals surface area contributed by atoms with Crippen molar-refractivity contribution >= 4 is 21.4 Å². The highest BCUT2D eigenvalue weighted by Gasteiger charge is 2.28. The molecule has 1 aliphatic heterocycles. The number of rotatable bonds is 4. The summed E-state index contributed by atoms with van der Waals surface area (Å²) in [6.07, 6.45) is 3.26. The lowest BCUT2D eigenvalue weighted by molar-refractivity contribution is 0.338. The maximum absolute atomic E-state index is 12.4. The average Bonchev–Trinajstić information content (AvgIpc) is 2.70. The van der Waals surface area contributed by atoms with Crippen LogP contribution in [0.25, 0.3) is 0 Å². The monoisotopic (exact) mass is 305 g/mol. The molecule has 0 bridgehead atoms. The van der Waals surface area contributed by atoms with Gasteiger partial charge < -0.3 is 10.3 Å². The van der Waals surface area contributed by atoms with Crippen molar-refractivity contribution < 1.29 is 8.42 Å². The molecule has 2 rings (SSSR count). The second-order valence-corrected chi connectivity index (χ2v) is 8.08. The highest BCUT2D eigenvalue weighted by atomic mass is 32.2. The Morgan fingerprint density at radius 1 is 1.42 bits per heavy atom. The zero-order chi connectivity index (χ0) is 14.0. The summed E-state index contributed by atoms with van der Waals surface area (Å²) in [4.78, 5) is 13.4. The van der Waals surface area contributed by atoms with Crippen LogP contribution in [0.5, 0.6) is 0 Å². The summed E-state index contributed by atoms with van der Waals surface area (Å²) in [6.45, 7) is 2.99. The molecular weight excluding hydrogens is 286 g/mol. The third-order valence-corrected chi connectivity index (χ3v) is 6.72. The Labute approximate surface area is 116 Å². The summed E-state index contributed by atoms with van der Waals surface area (Å²) in [5, 5.41) is 3.32. The van der Waals surface area contributed by atoms with Gasteiger partial charge in [-0.2, -0.15) is 4.31 Å². The first-order valence-electron chi connectivity index (χ1n) is 6.30. The lowest BCUT2D eigenvalue weighted by Gasteiger charge is -2.27. The molecule has 6 nitrogen and oxygen atoms in total. The maximum atomic E-state index is 12.4. The SMILES string of the molecule is Cc1[nH]c(=O)sc1S(=O)(=O)N(C)CC1CCCCN1. The van der Waals surface area contributed by atoms with Crippen molar-refractivity contribution in [3.05, 3.63) is 15.4 Å². The fourth-order valence-corrected chi connectivity index (χ4v) is 4.97. The van der Waals surface area contributed by atoms with Crippen molar-refractivity contribution in [2.45, 2.75) is 36.4 Å². The van der Waals surface area contributed by atoms with Crippen LogP contribution in [0, 0.1) is 6.92 Å². The fourth-order valence-electron chi connectivity index (χ4n) is 2.27. The quantitative estimate of drug-likeness (QED) is 0.849. The van der Waals surface area contributed by atoms with E-state index in [1.807, 2.05) is 0 Å². The molecule has 1 aromatic rings. The smallest absolute Gasteiger partial charge is 0.305 e. The van der Waals surface area contributed by atoms with E-state index in [-0.39, 0.29) is 15.1 Å². The molecular formula is C11H19N3O3S2. The molecule has 0 radical (unpaired) electrons. The van der Waals surface area contributed by atoms with E-state index in [0.29, 0.717) is 12.2 Å². The molecule has 8 heteroatoms. The topological polar surface area (TPSA) is 82.3 Å². The number of hydrogen-bond acceptors (Lipinski definition) is 5. The van der Waals surface area contributed by atoms with Crippen LogP contribution < -0.4 is 10.2 Å². The largest absolute Gasteiger partial charge is 0.315 e. The van der Waals surface area contributed by atoms with Crippen LogP contribution in [0.15, 0.2) is 9.00 Å². The maximum Gasteiger partial charge on any atom is 0.305 e. The second kappa shape index (κ2) is 5.74. The molecule has 1 saturated heterocycles. The van der Waals surface area contributed by atoms with Crippen molar-refractivity contribution in [3.63, 3.8) is 0 Å². The van der Waals surface area contributed by atoms with Crippen LogP contribution in [0.1, 0.15) is 25.0 Å². The highest BCUT2D eigenvalue weighted by Crippen LogP contribution is 2.21. The number of aromatic amines is 1. The Kier molecular flexibility index (Phi) is 4.44. The summed E-state index contributed by atoms with van der Waals surface area (Å²) in [6, 6.07) is 0.199. The summed E-state index contributed by atoms with van der Waals surface area (Å²) < 4.78 is 26.2. The van der Waals surface area contributed by atoms with Crippen LogP contribution in [-0.4, -0.2) is 43.9 Å². The minimum atomic E-state index is -3.57. The van der Waals surface area contributed by atoms with E-state index >= 15 is 0 Å². The number of sulfonamides is 1. The van der Waals surface area contributed by atoms with Gasteiger partial charge in [0.25, 0.3) is 10.0 Å². The molecule has 0 aliphatic carbocycles. The van der Waals surface area contributed by atoms with Crippen LogP contribution in [0.4, 0.5) is 0 Å². The minimum absolute atomic E-state index is 0.121. The van der Waals surface area contributed by atoms with Crippen molar-refractivity contribution in [3.8, 4) is 0 Å². The van der Waals surface area contributed by atoms with Crippen molar-refractivity contribution in [1.82, 2.24) is 14.6 Å². The van der Waals surface area contributed by atoms with Crippen LogP contribution >= 0.6 is 11.3 Å². The molecule has 1 atom stereocenters. The predicted octanol–water partition coefficient (Wildman–Crippen LogP) is 0.507. The highest BCUT2D eigenvalue weighted by molar-refractivity contribution is 7.91. The molecule has 1 unspecified atom stereocenters. The Morgan fingerprint density at radius 3 is 2.68 bits per heavy atom. The number of aryl methyl sites for hydroxylation is 1. The molecule has 19 heavy (non-hydrogen) atoms. The third kappa shape index (κ3) is 3.25. The lowest BCUT2D eigenvalue weighted by atomic mass is 10.1. The molecule has 2 N–H and O–H groups in total. The van der Waals surface area contributed by atoms with Gasteiger partial charge in [0.05, 0.1) is 0 Å². The van der Waals surface area contributed by atoms with Crippen LogP contribution in [0.2, 0.25) is 0 Å². The minimum Gasteiger partial charge on any atom is -0.315 e. The molecule has 1 aromatic heterocycles. The first kappa shape index (κ1) is 14.7. The number of H-pyrrole nitrogens is 1. The van der Waals surface area contributed by atoms with E-state index in [9.17, 15) is 13.2 Å². The summed E-state index contributed by atoms with van der Waals surface area (Å²) >= 11 is 0.751. The molecule has 108 valence electrons. The van der Waals surface area contributed by atoms with E-state index in [0.717, 1.165) is 37.1 Å². The summed E-state index contributed by atoms with van der Waals surface area (Å²) in [7, 11) is -2.00. The Bertz CT molecular complexity index is 585. The zero-order valence-corrected chi connectivity index (χ0v) is 12.7. The predicted molar refractivity (Wildman–Crippen MR) is 75.1 cm³/mol. The van der Waals surface area contributed by atoms with Crippen LogP contribution in [0.3, 0.4) is 0 Å². The number of hydrogen-bond donors (Lipinski definition) is 2. The number of thiazole rings is 1. The number of piperidine rings is 1. The van der Waals surface area contributed by atoms with Gasteiger partial charge in [-0.1, -0.05) is 17.8 Å². The Morgan fingerprint density at radius 2 is 2.16 bits per heavy atom. The number of aromatic nitrogens is 1. The molecule has 0 saturated carbocycles. The van der Waals surface area contributed by atoms with Gasteiger partial charge in [-0.15, -0.1) is 0 Å². The van der Waals surface area contributed by atoms with Gasteiger partial charge in [0, 0.05) is 25.3 Å². The summed E-state index contributed by atoms with van der Waals surface area (Å²) in [5.74, 6) is 0. The van der Waals surface area contributed by atoms with Gasteiger partial charge in [0.15, 0.2) is 4.21 Å². The van der Waals surface area contributed by atoms with Crippen molar-refractivity contribution in [2.24, 2.45) is 0 Å². The number of nitrogens with zero attached hydrogens (tertiary/aromatic N) is 1. The zero-order valence-electron chi connectivity index (χ0n) is 11.1. The van der Waals surface area contributed by atoms with Gasteiger partial charge in [-0.3, -0.25) is 4.79 Å². The fraction of sp³-hybridized carbons (Fsp3) is 0.727. The van der Waals surface area contributed by atoms with E-state index < -0.39 is 10.0 Å². The van der Waals surface area contributed by atoms with E-state index in [1.165, 1.54) is 4.31 Å². The Balaban J connectivity index is 2.14. The second-order valence-electron chi connectivity index (χ2n) is 4.86. The number of nitrogens with one attached hydrogen (secondary N) is 2. The normalized spacial score (nSPS) is 20.9. The standard InChI is InChI=1S/C11H19N3O3S2/c1-8-10(18-11(15)13-8)19(16,17)14(2)7-9-5-3-4-6-12-9/h9,12H,3-7H2,1-2H3,(H,13,15). The van der Waals surface area contributed by atoms with E-state index in [4.69, 9.17) is 0 Å². The Hall–Kier alpha value is -0.700. The van der Waals surface area contributed by atoms with E-state index in [1.54, 1.807) is 14.0 Å².